The molecule has 2 fully saturated rings. The second kappa shape index (κ2) is 7.64. The van der Waals surface area contributed by atoms with Gasteiger partial charge in [-0.2, -0.15) is 0 Å². The van der Waals surface area contributed by atoms with E-state index >= 15 is 0 Å². The Labute approximate surface area is 173 Å². The van der Waals surface area contributed by atoms with Gasteiger partial charge in [0.1, 0.15) is 11.5 Å². The van der Waals surface area contributed by atoms with Crippen LogP contribution < -0.4 is 0 Å². The van der Waals surface area contributed by atoms with Gasteiger partial charge in [0.2, 0.25) is 0 Å². The first-order valence-corrected chi connectivity index (χ1v) is 10.8. The van der Waals surface area contributed by atoms with Crippen molar-refractivity contribution >= 4 is 5.97 Å². The van der Waals surface area contributed by atoms with Crippen LogP contribution in [0.2, 0.25) is 0 Å². The van der Waals surface area contributed by atoms with Crippen molar-refractivity contribution in [1.29, 1.82) is 0 Å². The molecule has 1 N–H and O–H groups in total. The van der Waals surface area contributed by atoms with Crippen LogP contribution >= 0.6 is 0 Å². The van der Waals surface area contributed by atoms with E-state index < -0.39 is 17.5 Å². The van der Waals surface area contributed by atoms with E-state index in [1.54, 1.807) is 0 Å². The fraction of sp³-hybridized carbons (Fsp3) is 0.560. The van der Waals surface area contributed by atoms with Gasteiger partial charge >= 0.3 is 5.97 Å². The Morgan fingerprint density at radius 1 is 1.07 bits per heavy atom. The molecule has 0 amide bonds. The molecule has 1 aromatic heterocycles. The summed E-state index contributed by atoms with van der Waals surface area (Å²) in [5, 5.41) is 9.43. The summed E-state index contributed by atoms with van der Waals surface area (Å²) >= 11 is 0. The third-order valence-corrected chi connectivity index (χ3v) is 7.41. The van der Waals surface area contributed by atoms with Crippen molar-refractivity contribution < 1.29 is 19.1 Å². The molecule has 2 aliphatic rings. The maximum Gasteiger partial charge on any atom is 0.310 e. The molecule has 0 radical (unpaired) electrons. The lowest BCUT2D eigenvalue weighted by Gasteiger charge is -2.19. The third-order valence-electron chi connectivity index (χ3n) is 7.41. The van der Waals surface area contributed by atoms with Crippen molar-refractivity contribution in [3.8, 4) is 0 Å². The van der Waals surface area contributed by atoms with E-state index in [0.717, 1.165) is 37.2 Å². The summed E-state index contributed by atoms with van der Waals surface area (Å²) in [4.78, 5) is 11.5. The normalized spacial score (nSPS) is 30.4. The molecular weight excluding hydrogens is 364 g/mol. The van der Waals surface area contributed by atoms with Crippen molar-refractivity contribution in [1.82, 2.24) is 0 Å². The largest absolute Gasteiger partial charge is 0.481 e. The molecular formula is C25H32O4. The first-order chi connectivity index (χ1) is 13.8. The molecule has 2 saturated carbocycles. The Balaban J connectivity index is 1.25. The average molecular weight is 397 g/mol. The van der Waals surface area contributed by atoms with E-state index in [-0.39, 0.29) is 5.41 Å². The highest BCUT2D eigenvalue weighted by molar-refractivity contribution is 5.77. The van der Waals surface area contributed by atoms with Crippen molar-refractivity contribution in [2.45, 2.75) is 58.5 Å². The Bertz CT molecular complexity index is 853. The summed E-state index contributed by atoms with van der Waals surface area (Å²) in [5.74, 6) is 2.08. The standard InChI is InChI=1S/C25H32O4/c1-24(2)22(23(26)27)25(24,3)28-16-19-10-9-18(13-19)15-21-12-11-20(29-21)14-17-7-5-4-6-8-17/h4-8,11-12,18-19,22H,9-10,13-16H2,1-3H3,(H,26,27). The monoisotopic (exact) mass is 396 g/mol. The number of rotatable bonds is 8. The van der Waals surface area contributed by atoms with Gasteiger partial charge in [-0.25, -0.2) is 0 Å². The number of hydrogen-bond acceptors (Lipinski definition) is 3. The van der Waals surface area contributed by atoms with Crippen molar-refractivity contribution in [2.75, 3.05) is 6.61 Å². The van der Waals surface area contributed by atoms with E-state index in [1.165, 1.54) is 12.0 Å². The molecule has 4 unspecified atom stereocenters. The summed E-state index contributed by atoms with van der Waals surface area (Å²) in [5.41, 5.74) is 0.437. The van der Waals surface area contributed by atoms with Gasteiger partial charge in [0, 0.05) is 18.3 Å². The van der Waals surface area contributed by atoms with E-state index in [0.29, 0.717) is 18.4 Å². The zero-order valence-electron chi connectivity index (χ0n) is 17.7. The van der Waals surface area contributed by atoms with Gasteiger partial charge in [-0.1, -0.05) is 44.2 Å². The highest BCUT2D eigenvalue weighted by Gasteiger charge is 2.73. The number of carboxylic acids is 1. The number of hydrogen-bond donors (Lipinski definition) is 1. The molecule has 1 heterocycles. The molecule has 0 saturated heterocycles. The van der Waals surface area contributed by atoms with Crippen molar-refractivity contribution in [3.05, 3.63) is 59.5 Å². The van der Waals surface area contributed by atoms with Crippen LogP contribution in [0.5, 0.6) is 0 Å². The van der Waals surface area contributed by atoms with Crippen LogP contribution in [0, 0.1) is 23.2 Å². The van der Waals surface area contributed by atoms with Gasteiger partial charge in [0.25, 0.3) is 0 Å². The van der Waals surface area contributed by atoms with E-state index in [1.807, 2.05) is 26.8 Å². The number of furan rings is 1. The summed E-state index contributed by atoms with van der Waals surface area (Å²) in [7, 11) is 0. The highest BCUT2D eigenvalue weighted by Crippen LogP contribution is 2.64. The van der Waals surface area contributed by atoms with Crippen LogP contribution in [0.4, 0.5) is 0 Å². The van der Waals surface area contributed by atoms with Crippen LogP contribution in [0.1, 0.15) is 57.1 Å². The average Bonchev–Trinajstić information content (AvgIpc) is 3.10. The predicted octanol–water partition coefficient (Wildman–Crippen LogP) is 5.35. The Hall–Kier alpha value is -2.07. The number of ether oxygens (including phenoxy) is 1. The molecule has 0 spiro atoms. The quantitative estimate of drug-likeness (QED) is 0.654. The molecule has 156 valence electrons. The number of benzene rings is 1. The molecule has 1 aromatic carbocycles. The van der Waals surface area contributed by atoms with Gasteiger partial charge in [-0.05, 0) is 55.7 Å². The zero-order valence-corrected chi connectivity index (χ0v) is 17.7. The molecule has 4 atom stereocenters. The maximum atomic E-state index is 11.5. The summed E-state index contributed by atoms with van der Waals surface area (Å²) in [6.07, 6.45) is 5.28. The fourth-order valence-corrected chi connectivity index (χ4v) is 5.27. The van der Waals surface area contributed by atoms with Crippen LogP contribution in [-0.2, 0) is 22.4 Å². The van der Waals surface area contributed by atoms with E-state index in [2.05, 4.69) is 36.4 Å². The second-order valence-corrected chi connectivity index (χ2v) is 9.69. The Kier molecular flexibility index (Phi) is 5.32. The van der Waals surface area contributed by atoms with E-state index in [9.17, 15) is 9.90 Å². The number of carboxylic acid groups (broad SMARTS) is 1. The topological polar surface area (TPSA) is 59.7 Å². The Morgan fingerprint density at radius 2 is 1.76 bits per heavy atom. The highest BCUT2D eigenvalue weighted by atomic mass is 16.5. The lowest BCUT2D eigenvalue weighted by molar-refractivity contribution is -0.141. The first-order valence-electron chi connectivity index (χ1n) is 10.8. The van der Waals surface area contributed by atoms with Gasteiger partial charge < -0.3 is 14.3 Å². The minimum Gasteiger partial charge on any atom is -0.481 e. The fourth-order valence-electron chi connectivity index (χ4n) is 5.27. The van der Waals surface area contributed by atoms with Crippen molar-refractivity contribution in [3.63, 3.8) is 0 Å². The SMILES string of the molecule is CC1(C)C(C(=O)O)C1(C)OCC1CCC(Cc2ccc(Cc3ccccc3)o2)C1. The molecule has 4 nitrogen and oxygen atoms in total. The molecule has 4 heteroatoms. The minimum atomic E-state index is -0.745. The maximum absolute atomic E-state index is 11.5. The summed E-state index contributed by atoms with van der Waals surface area (Å²) < 4.78 is 12.3. The molecule has 29 heavy (non-hydrogen) atoms. The van der Waals surface area contributed by atoms with E-state index in [4.69, 9.17) is 9.15 Å². The molecule has 0 aliphatic heterocycles. The van der Waals surface area contributed by atoms with Crippen molar-refractivity contribution in [2.24, 2.45) is 23.2 Å². The number of aliphatic carboxylic acids is 1. The van der Waals surface area contributed by atoms with Crippen LogP contribution in [0.3, 0.4) is 0 Å². The lowest BCUT2D eigenvalue weighted by Crippen LogP contribution is -2.22. The van der Waals surface area contributed by atoms with Crippen LogP contribution in [0.25, 0.3) is 0 Å². The predicted molar refractivity (Wildman–Crippen MR) is 112 cm³/mol. The molecule has 4 rings (SSSR count). The zero-order chi connectivity index (χ0) is 20.6. The molecule has 2 aromatic rings. The first kappa shape index (κ1) is 20.2. The summed E-state index contributed by atoms with van der Waals surface area (Å²) in [6, 6.07) is 14.6. The van der Waals surface area contributed by atoms with Gasteiger partial charge in [0.05, 0.1) is 18.1 Å². The van der Waals surface area contributed by atoms with Gasteiger partial charge in [0.15, 0.2) is 0 Å². The summed E-state index contributed by atoms with van der Waals surface area (Å²) in [6.45, 7) is 6.60. The minimum absolute atomic E-state index is 0.292. The van der Waals surface area contributed by atoms with Crippen LogP contribution in [-0.4, -0.2) is 23.3 Å². The van der Waals surface area contributed by atoms with Crippen LogP contribution in [0.15, 0.2) is 46.9 Å². The number of carbonyl (C=O) groups is 1. The Morgan fingerprint density at radius 3 is 2.45 bits per heavy atom. The second-order valence-electron chi connectivity index (χ2n) is 9.69. The smallest absolute Gasteiger partial charge is 0.310 e. The lowest BCUT2D eigenvalue weighted by atomic mass is 10.0. The molecule has 2 aliphatic carbocycles. The molecule has 0 bridgehead atoms. The third kappa shape index (κ3) is 4.00. The van der Waals surface area contributed by atoms with Gasteiger partial charge in [-0.3, -0.25) is 4.79 Å². The van der Waals surface area contributed by atoms with Gasteiger partial charge in [-0.15, -0.1) is 0 Å².